The highest BCUT2D eigenvalue weighted by Gasteiger charge is 2.27. The van der Waals surface area contributed by atoms with Gasteiger partial charge in [-0.25, -0.2) is 8.78 Å². The second-order valence-electron chi connectivity index (χ2n) is 7.30. The van der Waals surface area contributed by atoms with Crippen LogP contribution in [0.1, 0.15) is 49.1 Å². The number of halogens is 4. The Bertz CT molecular complexity index is 830. The molecule has 1 aliphatic rings. The molecule has 1 aliphatic carbocycles. The highest BCUT2D eigenvalue weighted by Crippen LogP contribution is 2.40. The molecule has 0 atom stereocenters. The van der Waals surface area contributed by atoms with E-state index in [2.05, 4.69) is 0 Å². The molecule has 6 heteroatoms. The van der Waals surface area contributed by atoms with Crippen LogP contribution in [0.4, 0.5) is 17.6 Å². The van der Waals surface area contributed by atoms with E-state index in [4.69, 9.17) is 9.47 Å². The van der Waals surface area contributed by atoms with E-state index in [1.54, 1.807) is 12.1 Å². The fourth-order valence-corrected chi connectivity index (χ4v) is 4.06. The quantitative estimate of drug-likeness (QED) is 0.544. The predicted octanol–water partition coefficient (Wildman–Crippen LogP) is 6.17. The van der Waals surface area contributed by atoms with Crippen molar-refractivity contribution in [3.8, 4) is 11.5 Å². The van der Waals surface area contributed by atoms with Crippen molar-refractivity contribution >= 4 is 0 Å². The molecule has 1 fully saturated rings. The summed E-state index contributed by atoms with van der Waals surface area (Å²) >= 11 is 0. The first-order chi connectivity index (χ1) is 13.5. The van der Waals surface area contributed by atoms with Gasteiger partial charge in [-0.15, -0.1) is 0 Å². The summed E-state index contributed by atoms with van der Waals surface area (Å²) < 4.78 is 65.8. The largest absolute Gasteiger partial charge is 0.494 e. The van der Waals surface area contributed by atoms with Gasteiger partial charge in [-0.3, -0.25) is 0 Å². The maximum atomic E-state index is 14.3. The van der Waals surface area contributed by atoms with Crippen molar-refractivity contribution in [2.24, 2.45) is 5.92 Å². The Hall–Kier alpha value is -2.24. The minimum absolute atomic E-state index is 0.0353. The third kappa shape index (κ3) is 4.10. The molecular weight excluding hydrogens is 372 g/mol. The molecule has 0 amide bonds. The normalized spacial score (nSPS) is 19.5. The van der Waals surface area contributed by atoms with Crippen LogP contribution in [-0.2, 0) is 6.42 Å². The van der Waals surface area contributed by atoms with Crippen LogP contribution in [-0.4, -0.2) is 14.2 Å². The van der Waals surface area contributed by atoms with Crippen LogP contribution in [0.2, 0.25) is 0 Å². The van der Waals surface area contributed by atoms with Crippen molar-refractivity contribution in [2.45, 2.75) is 44.4 Å². The summed E-state index contributed by atoms with van der Waals surface area (Å²) in [4.78, 5) is 0. The lowest BCUT2D eigenvalue weighted by molar-refractivity contribution is 0.301. The van der Waals surface area contributed by atoms with Crippen LogP contribution >= 0.6 is 0 Å². The number of hydrogen-bond donors (Lipinski definition) is 0. The Balaban J connectivity index is 1.58. The molecule has 0 aliphatic heterocycles. The molecule has 3 rings (SSSR count). The predicted molar refractivity (Wildman–Crippen MR) is 98.8 cm³/mol. The molecule has 0 bridgehead atoms. The van der Waals surface area contributed by atoms with E-state index >= 15 is 0 Å². The van der Waals surface area contributed by atoms with Gasteiger partial charge in [-0.05, 0) is 73.6 Å². The van der Waals surface area contributed by atoms with E-state index < -0.39 is 23.3 Å². The molecule has 152 valence electrons. The number of ether oxygens (including phenoxy) is 2. The Kier molecular flexibility index (Phi) is 6.47. The van der Waals surface area contributed by atoms with E-state index in [9.17, 15) is 17.6 Å². The molecule has 2 aromatic carbocycles. The molecule has 1 saturated carbocycles. The molecule has 0 N–H and O–H groups in total. The maximum absolute atomic E-state index is 14.3. The summed E-state index contributed by atoms with van der Waals surface area (Å²) in [5.74, 6) is -3.47. The van der Waals surface area contributed by atoms with Gasteiger partial charge in [0, 0.05) is 0 Å². The lowest BCUT2D eigenvalue weighted by Gasteiger charge is -2.29. The van der Waals surface area contributed by atoms with Crippen LogP contribution in [0, 0.1) is 29.2 Å². The first-order valence-corrected chi connectivity index (χ1v) is 9.49. The van der Waals surface area contributed by atoms with Crippen molar-refractivity contribution in [1.29, 1.82) is 0 Å². The smallest absolute Gasteiger partial charge is 0.200 e. The van der Waals surface area contributed by atoms with Crippen LogP contribution in [0.15, 0.2) is 24.3 Å². The van der Waals surface area contributed by atoms with Gasteiger partial charge in [0.2, 0.25) is 11.6 Å². The van der Waals surface area contributed by atoms with Gasteiger partial charge in [0.15, 0.2) is 23.1 Å². The molecule has 0 aromatic heterocycles. The first kappa shape index (κ1) is 20.5. The lowest BCUT2D eigenvalue weighted by Crippen LogP contribution is -2.16. The van der Waals surface area contributed by atoms with Gasteiger partial charge in [0.25, 0.3) is 0 Å². The molecule has 0 heterocycles. The van der Waals surface area contributed by atoms with Crippen molar-refractivity contribution in [1.82, 2.24) is 0 Å². The van der Waals surface area contributed by atoms with E-state index in [1.165, 1.54) is 26.4 Å². The van der Waals surface area contributed by atoms with E-state index in [0.29, 0.717) is 23.5 Å². The van der Waals surface area contributed by atoms with Gasteiger partial charge < -0.3 is 9.47 Å². The SMILES string of the molecule is COc1ccc(CCC2CCC(c3ccc(OC)c(F)c3F)CC2)c(F)c1F. The topological polar surface area (TPSA) is 18.5 Å². The fourth-order valence-electron chi connectivity index (χ4n) is 4.06. The van der Waals surface area contributed by atoms with Gasteiger partial charge >= 0.3 is 0 Å². The summed E-state index contributed by atoms with van der Waals surface area (Å²) in [6, 6.07) is 6.04. The molecule has 0 unspecified atom stereocenters. The highest BCUT2D eigenvalue weighted by atomic mass is 19.2. The van der Waals surface area contributed by atoms with Crippen LogP contribution < -0.4 is 9.47 Å². The zero-order chi connectivity index (χ0) is 20.3. The van der Waals surface area contributed by atoms with Crippen molar-refractivity contribution in [3.05, 3.63) is 58.7 Å². The maximum Gasteiger partial charge on any atom is 0.200 e. The molecule has 0 spiro atoms. The second kappa shape index (κ2) is 8.84. The number of rotatable bonds is 6. The molecule has 2 nitrogen and oxygen atoms in total. The van der Waals surface area contributed by atoms with Crippen molar-refractivity contribution < 1.29 is 27.0 Å². The number of methoxy groups -OCH3 is 2. The van der Waals surface area contributed by atoms with Crippen molar-refractivity contribution in [3.63, 3.8) is 0 Å². The second-order valence-corrected chi connectivity index (χ2v) is 7.30. The van der Waals surface area contributed by atoms with Gasteiger partial charge in [-0.2, -0.15) is 8.78 Å². The highest BCUT2D eigenvalue weighted by molar-refractivity contribution is 5.33. The zero-order valence-electron chi connectivity index (χ0n) is 16.0. The fraction of sp³-hybridized carbons (Fsp3) is 0.455. The molecular formula is C22H24F4O2. The van der Waals surface area contributed by atoms with Crippen LogP contribution in [0.5, 0.6) is 11.5 Å². The third-order valence-corrected chi connectivity index (χ3v) is 5.75. The molecule has 28 heavy (non-hydrogen) atoms. The minimum atomic E-state index is -0.958. The lowest BCUT2D eigenvalue weighted by atomic mass is 9.76. The van der Waals surface area contributed by atoms with Crippen LogP contribution in [0.3, 0.4) is 0 Å². The number of aryl methyl sites for hydroxylation is 1. The summed E-state index contributed by atoms with van der Waals surface area (Å²) in [7, 11) is 2.60. The first-order valence-electron chi connectivity index (χ1n) is 9.49. The van der Waals surface area contributed by atoms with E-state index in [0.717, 1.165) is 32.1 Å². The van der Waals surface area contributed by atoms with Gasteiger partial charge in [0.1, 0.15) is 0 Å². The number of hydrogen-bond acceptors (Lipinski definition) is 2. The summed E-state index contributed by atoms with van der Waals surface area (Å²) in [6.45, 7) is 0. The number of benzene rings is 2. The Morgan fingerprint density at radius 1 is 0.750 bits per heavy atom. The Morgan fingerprint density at radius 3 is 1.93 bits per heavy atom. The summed E-state index contributed by atoms with van der Waals surface area (Å²) in [5, 5.41) is 0. The van der Waals surface area contributed by atoms with E-state index in [-0.39, 0.29) is 17.4 Å². The Morgan fingerprint density at radius 2 is 1.32 bits per heavy atom. The monoisotopic (exact) mass is 396 g/mol. The average molecular weight is 396 g/mol. The van der Waals surface area contributed by atoms with Gasteiger partial charge in [-0.1, -0.05) is 12.1 Å². The molecule has 0 saturated heterocycles. The molecule has 2 aromatic rings. The average Bonchev–Trinajstić information content (AvgIpc) is 2.72. The van der Waals surface area contributed by atoms with Crippen LogP contribution in [0.25, 0.3) is 0 Å². The summed E-state index contributed by atoms with van der Waals surface area (Å²) in [6.07, 6.45) is 4.35. The van der Waals surface area contributed by atoms with Crippen molar-refractivity contribution in [2.75, 3.05) is 14.2 Å². The van der Waals surface area contributed by atoms with E-state index in [1.807, 2.05) is 0 Å². The standard InChI is InChI=1S/C22H24F4O2/c1-27-17-11-9-15(19(23)21(17)25)8-5-13-3-6-14(7-4-13)16-10-12-18(28-2)22(26)20(16)24/h9-14H,3-8H2,1-2H3. The summed E-state index contributed by atoms with van der Waals surface area (Å²) in [5.41, 5.74) is 0.726. The minimum Gasteiger partial charge on any atom is -0.494 e. The Labute approximate surface area is 162 Å². The third-order valence-electron chi connectivity index (χ3n) is 5.75. The zero-order valence-corrected chi connectivity index (χ0v) is 16.0. The van der Waals surface area contributed by atoms with Gasteiger partial charge in [0.05, 0.1) is 14.2 Å². The molecule has 0 radical (unpaired) electrons.